The summed E-state index contributed by atoms with van der Waals surface area (Å²) in [4.78, 5) is 25.7. The quantitative estimate of drug-likeness (QED) is 0.182. The summed E-state index contributed by atoms with van der Waals surface area (Å²) in [6, 6.07) is 12.2. The Morgan fingerprint density at radius 3 is 2.33 bits per heavy atom. The number of rotatable bonds is 8. The maximum atomic E-state index is 15.0. The van der Waals surface area contributed by atoms with Crippen LogP contribution in [0.15, 0.2) is 53.4 Å². The van der Waals surface area contributed by atoms with Gasteiger partial charge in [-0.2, -0.15) is 0 Å². The van der Waals surface area contributed by atoms with E-state index < -0.39 is 22.9 Å². The number of aryl methyl sites for hydroxylation is 1. The summed E-state index contributed by atoms with van der Waals surface area (Å²) in [5.41, 5.74) is 0.516. The van der Waals surface area contributed by atoms with Crippen LogP contribution in [0.5, 0.6) is 17.2 Å². The first-order valence-corrected chi connectivity index (χ1v) is 13.8. The number of benzene rings is 3. The maximum Gasteiger partial charge on any atom is 0.310 e. The van der Waals surface area contributed by atoms with Gasteiger partial charge in [0, 0.05) is 22.1 Å². The molecule has 1 amide bonds. The van der Waals surface area contributed by atoms with Gasteiger partial charge in [-0.15, -0.1) is 0 Å². The molecule has 214 valence electrons. The van der Waals surface area contributed by atoms with Gasteiger partial charge in [-0.25, -0.2) is 4.39 Å². The van der Waals surface area contributed by atoms with E-state index in [9.17, 15) is 14.7 Å². The van der Waals surface area contributed by atoms with E-state index in [0.29, 0.717) is 32.5 Å². The predicted octanol–water partition coefficient (Wildman–Crippen LogP) is 7.82. The van der Waals surface area contributed by atoms with Crippen LogP contribution >= 0.6 is 23.5 Å². The Hall–Kier alpha value is -3.43. The molecule has 3 rings (SSSR count). The van der Waals surface area contributed by atoms with Crippen molar-refractivity contribution in [1.29, 1.82) is 0 Å². The fraction of sp³-hybridized carbons (Fsp3) is 0.333. The van der Waals surface area contributed by atoms with Gasteiger partial charge in [0.1, 0.15) is 22.9 Å². The third kappa shape index (κ3) is 9.06. The Morgan fingerprint density at radius 2 is 1.70 bits per heavy atom. The monoisotopic (exact) mass is 588 g/mol. The molecular weight excluding hydrogens is 555 g/mol. The van der Waals surface area contributed by atoms with E-state index >= 15 is 4.39 Å². The second-order valence-corrected chi connectivity index (χ2v) is 12.6. The number of carbonyl (C=O) groups is 2. The van der Waals surface area contributed by atoms with Crippen molar-refractivity contribution in [2.75, 3.05) is 4.72 Å². The van der Waals surface area contributed by atoms with Crippen molar-refractivity contribution in [3.63, 3.8) is 0 Å². The highest BCUT2D eigenvalue weighted by Crippen LogP contribution is 2.37. The molecule has 0 heterocycles. The third-order valence-corrected chi connectivity index (χ3v) is 6.56. The van der Waals surface area contributed by atoms with E-state index in [2.05, 4.69) is 10.0 Å². The van der Waals surface area contributed by atoms with Crippen LogP contribution in [0.25, 0.3) is 0 Å². The average Bonchev–Trinajstić information content (AvgIpc) is 2.80. The first kappa shape index (κ1) is 31.1. The summed E-state index contributed by atoms with van der Waals surface area (Å²) in [7, 11) is 0. The zero-order valence-electron chi connectivity index (χ0n) is 23.6. The summed E-state index contributed by atoms with van der Waals surface area (Å²) in [6.45, 7) is 12.6. The molecule has 40 heavy (non-hydrogen) atoms. The second-order valence-electron chi connectivity index (χ2n) is 11.3. The number of aromatic hydroxyl groups is 1. The minimum atomic E-state index is -0.673. The number of amides is 1. The molecule has 0 fully saturated rings. The number of anilines is 1. The standard InChI is InChI=1S/C30H34ClFN2O5S/c1-17-12-19(14-27(36)39-30(5,6)7)22(32)16-25(17)38-24-10-8-18(28(37)33-29(2,3)4)13-23(24)34-40-26-11-9-20(35)15-21(26)31/h8-13,15-16,34-35H,14H2,1-7H3,(H,33,37). The van der Waals surface area contributed by atoms with Crippen molar-refractivity contribution in [3.05, 3.63) is 76.1 Å². The van der Waals surface area contributed by atoms with Gasteiger partial charge in [0.25, 0.3) is 5.91 Å². The number of hydrogen-bond donors (Lipinski definition) is 3. The number of phenols is 1. The summed E-state index contributed by atoms with van der Waals surface area (Å²) < 4.78 is 29.6. The molecule has 0 unspecified atom stereocenters. The highest BCUT2D eigenvalue weighted by molar-refractivity contribution is 8.00. The van der Waals surface area contributed by atoms with Gasteiger partial charge >= 0.3 is 5.97 Å². The molecule has 10 heteroatoms. The lowest BCUT2D eigenvalue weighted by atomic mass is 10.1. The van der Waals surface area contributed by atoms with E-state index in [1.54, 1.807) is 58.0 Å². The minimum Gasteiger partial charge on any atom is -0.508 e. The zero-order valence-corrected chi connectivity index (χ0v) is 25.1. The zero-order chi connectivity index (χ0) is 29.8. The van der Waals surface area contributed by atoms with Crippen LogP contribution in [-0.2, 0) is 16.0 Å². The van der Waals surface area contributed by atoms with Crippen molar-refractivity contribution >= 4 is 41.1 Å². The molecule has 3 aromatic rings. The molecule has 3 N–H and O–H groups in total. The fourth-order valence-electron chi connectivity index (χ4n) is 3.56. The van der Waals surface area contributed by atoms with Crippen LogP contribution in [0.1, 0.15) is 63.0 Å². The number of hydrogen-bond acceptors (Lipinski definition) is 7. The Bertz CT molecular complexity index is 1420. The summed E-state index contributed by atoms with van der Waals surface area (Å²) >= 11 is 7.41. The summed E-state index contributed by atoms with van der Waals surface area (Å²) in [5, 5.41) is 12.9. The van der Waals surface area contributed by atoms with Gasteiger partial charge in [0.15, 0.2) is 5.75 Å². The van der Waals surface area contributed by atoms with Crippen molar-refractivity contribution < 1.29 is 28.6 Å². The molecule has 3 aromatic carbocycles. The number of carbonyl (C=O) groups excluding carboxylic acids is 2. The van der Waals surface area contributed by atoms with Crippen molar-refractivity contribution in [2.24, 2.45) is 0 Å². The summed E-state index contributed by atoms with van der Waals surface area (Å²) in [5.74, 6) is -0.798. The van der Waals surface area contributed by atoms with E-state index in [1.807, 2.05) is 20.8 Å². The molecule has 0 aliphatic carbocycles. The molecule has 0 spiro atoms. The molecule has 0 atom stereocenters. The molecule has 0 saturated heterocycles. The topological polar surface area (TPSA) is 96.9 Å². The third-order valence-electron chi connectivity index (χ3n) is 5.24. The molecule has 0 aromatic heterocycles. The van der Waals surface area contributed by atoms with Gasteiger partial charge in [-0.1, -0.05) is 11.6 Å². The Kier molecular flexibility index (Phi) is 9.64. The van der Waals surface area contributed by atoms with Gasteiger partial charge in [-0.3, -0.25) is 9.59 Å². The largest absolute Gasteiger partial charge is 0.508 e. The summed E-state index contributed by atoms with van der Waals surface area (Å²) in [6.07, 6.45) is -0.210. The number of phenolic OH excluding ortho intramolecular Hbond substituents is 1. The lowest BCUT2D eigenvalue weighted by Crippen LogP contribution is -2.40. The van der Waals surface area contributed by atoms with Crippen LogP contribution in [0.2, 0.25) is 5.02 Å². The highest BCUT2D eigenvalue weighted by Gasteiger charge is 2.21. The molecule has 0 bridgehead atoms. The van der Waals surface area contributed by atoms with E-state index in [4.69, 9.17) is 21.1 Å². The Balaban J connectivity index is 1.91. The van der Waals surface area contributed by atoms with Gasteiger partial charge in [0.2, 0.25) is 0 Å². The minimum absolute atomic E-state index is 0.0341. The lowest BCUT2D eigenvalue weighted by molar-refractivity contribution is -0.154. The fourth-order valence-corrected chi connectivity index (χ4v) is 4.52. The van der Waals surface area contributed by atoms with Crippen LogP contribution in [0.3, 0.4) is 0 Å². The molecule has 0 radical (unpaired) electrons. The highest BCUT2D eigenvalue weighted by atomic mass is 35.5. The molecule has 0 aliphatic heterocycles. The van der Waals surface area contributed by atoms with Crippen LogP contribution in [0, 0.1) is 12.7 Å². The van der Waals surface area contributed by atoms with Crippen LogP contribution in [-0.4, -0.2) is 28.1 Å². The number of ether oxygens (including phenoxy) is 2. The maximum absolute atomic E-state index is 15.0. The van der Waals surface area contributed by atoms with Gasteiger partial charge < -0.3 is 24.6 Å². The molecule has 0 aliphatic rings. The van der Waals surface area contributed by atoms with E-state index in [0.717, 1.165) is 11.9 Å². The Labute approximate surface area is 243 Å². The van der Waals surface area contributed by atoms with Gasteiger partial charge in [0.05, 0.1) is 17.1 Å². The SMILES string of the molecule is Cc1cc(CC(=O)OC(C)(C)C)c(F)cc1Oc1ccc(C(=O)NC(C)(C)C)cc1NSc1ccc(O)cc1Cl. The normalized spacial score (nSPS) is 11.6. The predicted molar refractivity (Wildman–Crippen MR) is 157 cm³/mol. The second kappa shape index (κ2) is 12.4. The number of halogens is 2. The number of nitrogens with one attached hydrogen (secondary N) is 2. The Morgan fingerprint density at radius 1 is 1.00 bits per heavy atom. The number of esters is 1. The van der Waals surface area contributed by atoms with Crippen molar-refractivity contribution in [1.82, 2.24) is 5.32 Å². The van der Waals surface area contributed by atoms with E-state index in [1.165, 1.54) is 18.2 Å². The lowest BCUT2D eigenvalue weighted by Gasteiger charge is -2.21. The molecule has 0 saturated carbocycles. The smallest absolute Gasteiger partial charge is 0.310 e. The van der Waals surface area contributed by atoms with Crippen LogP contribution < -0.4 is 14.8 Å². The first-order valence-electron chi connectivity index (χ1n) is 12.6. The van der Waals surface area contributed by atoms with Gasteiger partial charge in [-0.05, 0) is 114 Å². The van der Waals surface area contributed by atoms with Crippen molar-refractivity contribution in [3.8, 4) is 17.2 Å². The average molecular weight is 589 g/mol. The molecular formula is C30H34ClFN2O5S. The van der Waals surface area contributed by atoms with Crippen LogP contribution in [0.4, 0.5) is 10.1 Å². The first-order chi connectivity index (χ1) is 18.5. The van der Waals surface area contributed by atoms with E-state index in [-0.39, 0.29) is 29.4 Å². The van der Waals surface area contributed by atoms with Crippen molar-refractivity contribution in [2.45, 2.75) is 70.9 Å². The molecule has 7 nitrogen and oxygen atoms in total.